The zero-order valence-corrected chi connectivity index (χ0v) is 33.2. The largest absolute Gasteiger partial charge is 0.394 e. The Morgan fingerprint density at radius 3 is 2.16 bits per heavy atom. The van der Waals surface area contributed by atoms with Crippen LogP contribution in [0.2, 0.25) is 0 Å². The molecule has 0 fully saturated rings. The quantitative estimate of drug-likeness (QED) is 0.0662. The van der Waals surface area contributed by atoms with Gasteiger partial charge in [-0.15, -0.1) is 11.3 Å². The average molecular weight is 772 g/mol. The van der Waals surface area contributed by atoms with Crippen molar-refractivity contribution in [3.8, 4) is 0 Å². The number of nitrogens with zero attached hydrogens (tertiary/aromatic N) is 1. The van der Waals surface area contributed by atoms with Crippen LogP contribution >= 0.6 is 11.3 Å². The van der Waals surface area contributed by atoms with Crippen molar-refractivity contribution in [1.82, 2.24) is 26.3 Å². The number of aryl methyl sites for hydroxylation is 1. The molecular weight excluding hydrogens is 715 g/mol. The zero-order valence-electron chi connectivity index (χ0n) is 32.4. The number of hydrogen-bond donors (Lipinski definition) is 6. The van der Waals surface area contributed by atoms with Crippen LogP contribution in [0.5, 0.6) is 0 Å². The molecule has 0 aliphatic rings. The summed E-state index contributed by atoms with van der Waals surface area (Å²) < 4.78 is 0. The van der Waals surface area contributed by atoms with Gasteiger partial charge in [0.05, 0.1) is 42.4 Å². The SMILES string of the molecule is CCC(C)[C@@H](CO)NC(=O)CC(O)C(CC(C)C)NC(=O)[C@H](Cc1cscn1)NC(=O)[C@H](Cc1cccc2ccccc12)NC(=O)CCCc1ccccc1. The predicted molar refractivity (Wildman–Crippen MR) is 217 cm³/mol. The molecule has 0 radical (unpaired) electrons. The minimum atomic E-state index is -1.23. The van der Waals surface area contributed by atoms with Gasteiger partial charge in [0.25, 0.3) is 0 Å². The maximum Gasteiger partial charge on any atom is 0.243 e. The normalized spacial score (nSPS) is 14.7. The summed E-state index contributed by atoms with van der Waals surface area (Å²) in [6.45, 7) is 7.57. The molecule has 0 aliphatic heterocycles. The van der Waals surface area contributed by atoms with Crippen LogP contribution in [0.1, 0.15) is 76.6 Å². The van der Waals surface area contributed by atoms with E-state index >= 15 is 0 Å². The molecular formula is C43H57N5O6S. The molecule has 0 spiro atoms. The van der Waals surface area contributed by atoms with Crippen LogP contribution in [-0.4, -0.2) is 75.7 Å². The Labute approximate surface area is 328 Å². The monoisotopic (exact) mass is 771 g/mol. The van der Waals surface area contributed by atoms with E-state index < -0.39 is 48.0 Å². The molecule has 6 N–H and O–H groups in total. The lowest BCUT2D eigenvalue weighted by Gasteiger charge is -2.29. The third-order valence-electron chi connectivity index (χ3n) is 9.98. The second-order valence-corrected chi connectivity index (χ2v) is 15.5. The van der Waals surface area contributed by atoms with Crippen LogP contribution < -0.4 is 21.3 Å². The third kappa shape index (κ3) is 13.9. The Morgan fingerprint density at radius 2 is 1.47 bits per heavy atom. The van der Waals surface area contributed by atoms with Crippen molar-refractivity contribution in [2.75, 3.05) is 6.61 Å². The highest BCUT2D eigenvalue weighted by atomic mass is 32.1. The summed E-state index contributed by atoms with van der Waals surface area (Å²) >= 11 is 1.37. The van der Waals surface area contributed by atoms with Gasteiger partial charge in [-0.25, -0.2) is 4.98 Å². The molecule has 3 aromatic carbocycles. The van der Waals surface area contributed by atoms with E-state index in [1.807, 2.05) is 100 Å². The number of aliphatic hydroxyl groups excluding tert-OH is 2. The van der Waals surface area contributed by atoms with Crippen molar-refractivity contribution >= 4 is 45.7 Å². The summed E-state index contributed by atoms with van der Waals surface area (Å²) in [6, 6.07) is 20.2. The maximum absolute atomic E-state index is 14.3. The van der Waals surface area contributed by atoms with Gasteiger partial charge in [0.15, 0.2) is 0 Å². The standard InChI is InChI=1S/C43H57N5O6S/c1-5-29(4)38(25-49)46-41(52)24-39(50)35(21-28(2)3)47-43(54)37(23-33-26-55-27-44-33)48-42(53)36(22-32-18-12-17-31-16-9-10-19-34(31)32)45-40(51)20-11-15-30-13-7-6-8-14-30/h6-10,12-14,16-19,26-29,35-39,49-50H,5,11,15,20-25H2,1-4H3,(H,45,51)(H,46,52)(H,47,54)(H,48,53)/t29?,35?,36-,37-,38+,39?/m0/s1. The number of fused-ring (bicyclic) bond motifs is 1. The van der Waals surface area contributed by atoms with E-state index in [1.165, 1.54) is 11.3 Å². The highest BCUT2D eigenvalue weighted by Crippen LogP contribution is 2.21. The molecule has 4 aromatic rings. The van der Waals surface area contributed by atoms with Gasteiger partial charge in [-0.05, 0) is 53.0 Å². The molecule has 4 amide bonds. The average Bonchev–Trinajstić information content (AvgIpc) is 3.69. The molecule has 11 nitrogen and oxygen atoms in total. The smallest absolute Gasteiger partial charge is 0.243 e. The number of aromatic nitrogens is 1. The number of carbonyl (C=O) groups is 4. The Morgan fingerprint density at radius 1 is 0.782 bits per heavy atom. The first-order chi connectivity index (χ1) is 26.5. The number of hydrogen-bond acceptors (Lipinski definition) is 8. The van der Waals surface area contributed by atoms with Crippen molar-refractivity contribution in [2.45, 2.75) is 109 Å². The van der Waals surface area contributed by atoms with Gasteiger partial charge in [0.1, 0.15) is 12.1 Å². The fraction of sp³-hybridized carbons (Fsp3) is 0.465. The number of thiazole rings is 1. The van der Waals surface area contributed by atoms with Crippen LogP contribution in [0.15, 0.2) is 83.7 Å². The van der Waals surface area contributed by atoms with E-state index in [4.69, 9.17) is 0 Å². The first-order valence-corrected chi connectivity index (χ1v) is 20.3. The summed E-state index contributed by atoms with van der Waals surface area (Å²) in [7, 11) is 0. The summed E-state index contributed by atoms with van der Waals surface area (Å²) in [5.41, 5.74) is 4.24. The minimum absolute atomic E-state index is 0.0378. The fourth-order valence-corrected chi connectivity index (χ4v) is 7.22. The molecule has 1 heterocycles. The lowest BCUT2D eigenvalue weighted by atomic mass is 9.95. The van der Waals surface area contributed by atoms with Gasteiger partial charge in [-0.3, -0.25) is 19.2 Å². The van der Waals surface area contributed by atoms with Crippen molar-refractivity contribution in [2.24, 2.45) is 11.8 Å². The van der Waals surface area contributed by atoms with Crippen molar-refractivity contribution in [1.29, 1.82) is 0 Å². The van der Waals surface area contributed by atoms with E-state index in [1.54, 1.807) is 10.9 Å². The Kier molecular flexibility index (Phi) is 17.3. The van der Waals surface area contributed by atoms with Crippen molar-refractivity contribution < 1.29 is 29.4 Å². The Bertz CT molecular complexity index is 1800. The summed E-state index contributed by atoms with van der Waals surface area (Å²) in [4.78, 5) is 59.1. The zero-order chi connectivity index (χ0) is 39.7. The second kappa shape index (κ2) is 22.0. The maximum atomic E-state index is 14.3. The Balaban J connectivity index is 1.53. The van der Waals surface area contributed by atoms with Gasteiger partial charge in [0, 0.05) is 24.6 Å². The van der Waals surface area contributed by atoms with E-state index in [9.17, 15) is 29.4 Å². The van der Waals surface area contributed by atoms with E-state index in [0.717, 1.165) is 34.7 Å². The van der Waals surface area contributed by atoms with Crippen LogP contribution in [0.25, 0.3) is 10.8 Å². The lowest BCUT2D eigenvalue weighted by Crippen LogP contribution is -2.57. The molecule has 0 saturated carbocycles. The molecule has 12 heteroatoms. The number of nitrogens with one attached hydrogen (secondary N) is 4. The molecule has 55 heavy (non-hydrogen) atoms. The van der Waals surface area contributed by atoms with Crippen LogP contribution in [0.4, 0.5) is 0 Å². The van der Waals surface area contributed by atoms with Gasteiger partial charge in [0.2, 0.25) is 23.6 Å². The van der Waals surface area contributed by atoms with Crippen LogP contribution in [0, 0.1) is 11.8 Å². The van der Waals surface area contributed by atoms with Gasteiger partial charge >= 0.3 is 0 Å². The highest BCUT2D eigenvalue weighted by molar-refractivity contribution is 7.07. The minimum Gasteiger partial charge on any atom is -0.394 e. The van der Waals surface area contributed by atoms with E-state index in [-0.39, 0.29) is 50.0 Å². The number of carbonyl (C=O) groups excluding carboxylic acids is 4. The Hall–Kier alpha value is -4.65. The number of rotatable bonds is 22. The molecule has 0 bridgehead atoms. The van der Waals surface area contributed by atoms with E-state index in [2.05, 4.69) is 26.3 Å². The molecule has 0 saturated heterocycles. The number of benzene rings is 3. The molecule has 296 valence electrons. The fourth-order valence-electron chi connectivity index (χ4n) is 6.65. The predicted octanol–water partition coefficient (Wildman–Crippen LogP) is 4.88. The highest BCUT2D eigenvalue weighted by Gasteiger charge is 2.32. The van der Waals surface area contributed by atoms with Crippen molar-refractivity contribution in [3.63, 3.8) is 0 Å². The van der Waals surface area contributed by atoms with E-state index in [0.29, 0.717) is 18.5 Å². The van der Waals surface area contributed by atoms with Crippen LogP contribution in [0.3, 0.4) is 0 Å². The molecule has 3 unspecified atom stereocenters. The first-order valence-electron chi connectivity index (χ1n) is 19.3. The summed E-state index contributed by atoms with van der Waals surface area (Å²) in [6.07, 6.45) is 1.42. The van der Waals surface area contributed by atoms with Gasteiger partial charge in [-0.2, -0.15) is 0 Å². The van der Waals surface area contributed by atoms with Gasteiger partial charge < -0.3 is 31.5 Å². The second-order valence-electron chi connectivity index (χ2n) is 14.8. The summed E-state index contributed by atoms with van der Waals surface area (Å²) in [5, 5.41) is 36.4. The first kappa shape index (κ1) is 43.1. The summed E-state index contributed by atoms with van der Waals surface area (Å²) in [5.74, 6) is -1.68. The molecule has 1 aromatic heterocycles. The van der Waals surface area contributed by atoms with Gasteiger partial charge in [-0.1, -0.05) is 107 Å². The topological polar surface area (TPSA) is 170 Å². The van der Waals surface area contributed by atoms with Crippen molar-refractivity contribution in [3.05, 3.63) is 101 Å². The number of amides is 4. The number of aliphatic hydroxyl groups is 2. The molecule has 0 aliphatic carbocycles. The lowest BCUT2D eigenvalue weighted by molar-refractivity contribution is -0.133. The molecule has 4 rings (SSSR count). The third-order valence-corrected chi connectivity index (χ3v) is 10.6. The van der Waals surface area contributed by atoms with Crippen LogP contribution in [-0.2, 0) is 38.4 Å². The molecule has 6 atom stereocenters.